The van der Waals surface area contributed by atoms with Crippen molar-refractivity contribution < 1.29 is 32.2 Å². The highest BCUT2D eigenvalue weighted by Crippen LogP contribution is 2.54. The first-order valence-corrected chi connectivity index (χ1v) is 14.5. The van der Waals surface area contributed by atoms with Gasteiger partial charge in [0.2, 0.25) is 0 Å². The molecule has 2 saturated carbocycles. The monoisotopic (exact) mass is 576 g/mol. The Labute approximate surface area is 229 Å². The van der Waals surface area contributed by atoms with Crippen LogP contribution in [0.15, 0.2) is 65.8 Å². The van der Waals surface area contributed by atoms with E-state index in [1.54, 1.807) is 24.5 Å². The van der Waals surface area contributed by atoms with Gasteiger partial charge in [0.25, 0.3) is 5.91 Å². The number of carbonyl (C=O) groups excluding carboxylic acids is 1. The molecule has 39 heavy (non-hydrogen) atoms. The minimum atomic E-state index is -4.02. The number of rotatable bonds is 7. The summed E-state index contributed by atoms with van der Waals surface area (Å²) in [6, 6.07) is 10.2. The van der Waals surface area contributed by atoms with Gasteiger partial charge in [-0.2, -0.15) is 0 Å². The molecule has 11 heteroatoms. The van der Waals surface area contributed by atoms with E-state index in [0.29, 0.717) is 12.8 Å². The summed E-state index contributed by atoms with van der Waals surface area (Å²) in [5.74, 6) is -3.76. The highest BCUT2D eigenvalue weighted by Gasteiger charge is 2.58. The first-order valence-electron chi connectivity index (χ1n) is 12.6. The van der Waals surface area contributed by atoms with Crippen LogP contribution in [-0.4, -0.2) is 46.5 Å². The van der Waals surface area contributed by atoms with E-state index in [4.69, 9.17) is 11.6 Å². The van der Waals surface area contributed by atoms with Crippen molar-refractivity contribution in [3.8, 4) is 0 Å². The number of aliphatic hydroxyl groups excluding tert-OH is 1. The summed E-state index contributed by atoms with van der Waals surface area (Å²) in [7, 11) is -4.02. The second-order valence-electron chi connectivity index (χ2n) is 10.3. The lowest BCUT2D eigenvalue weighted by atomic mass is 9.70. The summed E-state index contributed by atoms with van der Waals surface area (Å²) in [5, 5.41) is 24.2. The molecule has 2 fully saturated rings. The fourth-order valence-corrected chi connectivity index (χ4v) is 8.47. The van der Waals surface area contributed by atoms with Crippen LogP contribution in [0.3, 0.4) is 0 Å². The maximum atomic E-state index is 13.8. The molecule has 1 heterocycles. The van der Waals surface area contributed by atoms with Crippen LogP contribution in [-0.2, 0) is 16.3 Å². The molecule has 0 spiro atoms. The topological polar surface area (TPSA) is 117 Å². The molecule has 2 aromatic carbocycles. The molecule has 7 nitrogen and oxygen atoms in total. The van der Waals surface area contributed by atoms with Gasteiger partial charge in [-0.05, 0) is 85.5 Å². The van der Waals surface area contributed by atoms with Crippen molar-refractivity contribution in [1.82, 2.24) is 4.98 Å². The lowest BCUT2D eigenvalue weighted by Crippen LogP contribution is -2.56. The first-order chi connectivity index (χ1) is 18.5. The van der Waals surface area contributed by atoms with E-state index in [0.717, 1.165) is 17.7 Å². The maximum Gasteiger partial charge on any atom is 0.255 e. The lowest BCUT2D eigenvalue weighted by Gasteiger charge is -2.45. The third-order valence-electron chi connectivity index (χ3n) is 8.09. The Morgan fingerprint density at radius 3 is 2.36 bits per heavy atom. The molecule has 2 aliphatic carbocycles. The van der Waals surface area contributed by atoms with E-state index >= 15 is 0 Å². The summed E-state index contributed by atoms with van der Waals surface area (Å²) in [6.45, 7) is 0. The van der Waals surface area contributed by atoms with Gasteiger partial charge in [0.1, 0.15) is 0 Å². The van der Waals surface area contributed by atoms with E-state index in [2.05, 4.69) is 10.3 Å². The van der Waals surface area contributed by atoms with Gasteiger partial charge in [-0.25, -0.2) is 17.2 Å². The molecule has 0 aliphatic heterocycles. The van der Waals surface area contributed by atoms with E-state index in [1.807, 2.05) is 0 Å². The van der Waals surface area contributed by atoms with Gasteiger partial charge >= 0.3 is 0 Å². The van der Waals surface area contributed by atoms with Crippen molar-refractivity contribution in [3.05, 3.63) is 88.7 Å². The standard InChI is InChI=1S/C28H27ClF2N2O5S/c29-22-5-1-17(27(35)33-20-4-6-23(30)24(31)15-20)12-25(22)39(37,38)21-13-18-2-3-19(14-21)28(18,36)26(34)11-16-7-9-32-10-8-16/h1,4-10,12,15,18-19,21,26,34,36H,2-3,11,13-14H2,(H,33,35)/t18?,19?,21-,26?,28-. The number of hydrogen-bond donors (Lipinski definition) is 3. The minimum absolute atomic E-state index is 0.00622. The van der Waals surface area contributed by atoms with Gasteiger partial charge in [-0.1, -0.05) is 11.6 Å². The third-order valence-corrected chi connectivity index (χ3v) is 10.7. The summed E-state index contributed by atoms with van der Waals surface area (Å²) < 4.78 is 54.3. The molecule has 1 aromatic heterocycles. The fourth-order valence-electron chi connectivity index (χ4n) is 6.06. The third kappa shape index (κ3) is 5.18. The number of aliphatic hydroxyl groups is 2. The van der Waals surface area contributed by atoms with Gasteiger partial charge in [0.15, 0.2) is 21.5 Å². The zero-order valence-corrected chi connectivity index (χ0v) is 22.3. The Hall–Kier alpha value is -2.92. The van der Waals surface area contributed by atoms with Crippen LogP contribution in [0.1, 0.15) is 41.6 Å². The number of sulfone groups is 1. The van der Waals surface area contributed by atoms with Gasteiger partial charge in [0, 0.05) is 36.1 Å². The smallest absolute Gasteiger partial charge is 0.255 e. The first kappa shape index (κ1) is 27.6. The van der Waals surface area contributed by atoms with Crippen molar-refractivity contribution in [2.75, 3.05) is 5.32 Å². The Balaban J connectivity index is 1.35. The second-order valence-corrected chi connectivity index (χ2v) is 12.9. The molecule has 206 valence electrons. The van der Waals surface area contributed by atoms with Gasteiger partial charge in [0.05, 0.1) is 26.9 Å². The van der Waals surface area contributed by atoms with Crippen LogP contribution in [0.5, 0.6) is 0 Å². The van der Waals surface area contributed by atoms with E-state index < -0.39 is 56.2 Å². The largest absolute Gasteiger partial charge is 0.390 e. The molecule has 3 unspecified atom stereocenters. The van der Waals surface area contributed by atoms with E-state index in [1.165, 1.54) is 24.3 Å². The quantitative estimate of drug-likeness (QED) is 0.380. The molecule has 0 radical (unpaired) electrons. The number of pyridine rings is 1. The molecule has 1 amide bonds. The van der Waals surface area contributed by atoms with E-state index in [-0.39, 0.29) is 40.4 Å². The van der Waals surface area contributed by atoms with Crippen molar-refractivity contribution >= 4 is 33.0 Å². The average Bonchev–Trinajstić information content (AvgIpc) is 3.07. The summed E-state index contributed by atoms with van der Waals surface area (Å²) in [6.07, 6.45) is 3.85. The summed E-state index contributed by atoms with van der Waals surface area (Å²) >= 11 is 6.29. The Bertz CT molecular complexity index is 1490. The Morgan fingerprint density at radius 1 is 1.05 bits per heavy atom. The number of halogens is 3. The number of benzene rings is 2. The lowest BCUT2D eigenvalue weighted by molar-refractivity contribution is -0.141. The molecule has 5 rings (SSSR count). The predicted octanol–water partition coefficient (Wildman–Crippen LogP) is 4.56. The Morgan fingerprint density at radius 2 is 1.72 bits per heavy atom. The number of hydrogen-bond acceptors (Lipinski definition) is 6. The highest BCUT2D eigenvalue weighted by molar-refractivity contribution is 7.92. The number of carbonyl (C=O) groups is 1. The van der Waals surface area contributed by atoms with Gasteiger partial charge in [-0.15, -0.1) is 0 Å². The van der Waals surface area contributed by atoms with Gasteiger partial charge < -0.3 is 15.5 Å². The Kier molecular flexibility index (Phi) is 7.49. The fraction of sp³-hybridized carbons (Fsp3) is 0.357. The van der Waals surface area contributed by atoms with Crippen LogP contribution in [0.2, 0.25) is 5.02 Å². The average molecular weight is 577 g/mol. The van der Waals surface area contributed by atoms with Gasteiger partial charge in [-0.3, -0.25) is 9.78 Å². The molecule has 2 bridgehead atoms. The number of anilines is 1. The SMILES string of the molecule is O=C(Nc1ccc(F)c(F)c1)c1ccc(Cl)c(S(=O)(=O)[C@H]2CC3CCC(C2)[C@]3(O)C(O)Cc2ccncc2)c1. The van der Waals surface area contributed by atoms with Crippen LogP contribution < -0.4 is 5.32 Å². The highest BCUT2D eigenvalue weighted by atomic mass is 35.5. The molecule has 3 atom stereocenters. The minimum Gasteiger partial charge on any atom is -0.390 e. The zero-order chi connectivity index (χ0) is 27.9. The number of aromatic nitrogens is 1. The molecular formula is C28H27ClF2N2O5S. The predicted molar refractivity (Wildman–Crippen MR) is 141 cm³/mol. The molecule has 0 saturated heterocycles. The molecule has 3 N–H and O–H groups in total. The number of nitrogens with zero attached hydrogens (tertiary/aromatic N) is 1. The number of nitrogens with one attached hydrogen (secondary N) is 1. The van der Waals surface area contributed by atoms with Crippen molar-refractivity contribution in [2.24, 2.45) is 11.8 Å². The maximum absolute atomic E-state index is 13.8. The zero-order valence-electron chi connectivity index (χ0n) is 20.7. The molecule has 3 aromatic rings. The number of amides is 1. The number of fused-ring (bicyclic) bond motifs is 2. The normalized spacial score (nSPS) is 25.3. The van der Waals surface area contributed by atoms with Crippen LogP contribution in [0.4, 0.5) is 14.5 Å². The summed E-state index contributed by atoms with van der Waals surface area (Å²) in [5.41, 5.74) is -0.603. The van der Waals surface area contributed by atoms with Crippen molar-refractivity contribution in [2.45, 2.75) is 54.0 Å². The molecule has 2 aliphatic rings. The van der Waals surface area contributed by atoms with E-state index in [9.17, 15) is 32.2 Å². The van der Waals surface area contributed by atoms with Crippen LogP contribution >= 0.6 is 11.6 Å². The second kappa shape index (κ2) is 10.6. The van der Waals surface area contributed by atoms with Crippen molar-refractivity contribution in [3.63, 3.8) is 0 Å². The van der Waals surface area contributed by atoms with Crippen LogP contribution in [0.25, 0.3) is 0 Å². The van der Waals surface area contributed by atoms with Crippen LogP contribution in [0, 0.1) is 23.5 Å². The van der Waals surface area contributed by atoms with Crippen molar-refractivity contribution in [1.29, 1.82) is 0 Å². The molecular weight excluding hydrogens is 550 g/mol. The summed E-state index contributed by atoms with van der Waals surface area (Å²) in [4.78, 5) is 16.5.